The van der Waals surface area contributed by atoms with Gasteiger partial charge in [0.1, 0.15) is 5.82 Å². The third kappa shape index (κ3) is 41.9. The van der Waals surface area contributed by atoms with E-state index in [0.29, 0.717) is 0 Å². The lowest BCUT2D eigenvalue weighted by molar-refractivity contribution is 1.09. The van der Waals surface area contributed by atoms with Crippen molar-refractivity contribution in [2.45, 2.75) is 208 Å². The van der Waals surface area contributed by atoms with E-state index in [2.05, 4.69) is 125 Å². The topological polar surface area (TPSA) is 245 Å². The van der Waals surface area contributed by atoms with Crippen LogP contribution >= 0.6 is 0 Å². The quantitative estimate of drug-likeness (QED) is 0.137. The van der Waals surface area contributed by atoms with Gasteiger partial charge < -0.3 is 0 Å². The van der Waals surface area contributed by atoms with Crippen molar-refractivity contribution in [2.24, 2.45) is 0 Å². The molecule has 0 aliphatic carbocycles. The molecule has 0 amide bonds. The van der Waals surface area contributed by atoms with E-state index in [1.54, 1.807) is 62.0 Å². The summed E-state index contributed by atoms with van der Waals surface area (Å²) in [7, 11) is 0. The van der Waals surface area contributed by atoms with Crippen molar-refractivity contribution in [1.82, 2.24) is 94.7 Å². The van der Waals surface area contributed by atoms with Crippen molar-refractivity contribution in [1.29, 1.82) is 0 Å². The maximum Gasteiger partial charge on any atom is 0.159 e. The molecule has 17 aromatic heterocycles. The SMILES string of the molecule is CC.CC.CC.CC.CC.CC.CC.CC.CC.CC.Cc1cc2ccccc2cn1.Cc1cc2cccnc2cn1.Cc1cc2ccncc2cn1.Cc1cc2cnccc2cn1.Cc1ccc2cccnc2n1.Cc1ccc2ccncc2n1.Cc1ccc2cnccc2n1.Cc1ccc2ncccc2n1.Cc1cnc2ccccc2n1.Cc1ncc2ccccc2n1. The summed E-state index contributed by atoms with van der Waals surface area (Å²) >= 11 is 0. The number of hydrogen-bond acceptors (Lipinski definition) is 19. The highest BCUT2D eigenvalue weighted by Gasteiger charge is 2.01. The summed E-state index contributed by atoms with van der Waals surface area (Å²) in [4.78, 5) is 79.3. The fourth-order valence-electron chi connectivity index (χ4n) is 10.8. The molecule has 20 rings (SSSR count). The van der Waals surface area contributed by atoms with Gasteiger partial charge in [-0.15, -0.1) is 0 Å². The minimum Gasteiger partial charge on any atom is -0.264 e. The van der Waals surface area contributed by atoms with E-state index in [-0.39, 0.29) is 0 Å². The van der Waals surface area contributed by atoms with Gasteiger partial charge in [-0.05, 0) is 220 Å². The summed E-state index contributed by atoms with van der Waals surface area (Å²) in [5.74, 6) is 0.823. The first-order valence-electron chi connectivity index (χ1n) is 45.5. The molecule has 0 fully saturated rings. The average molecular weight is 1740 g/mol. The van der Waals surface area contributed by atoms with Crippen LogP contribution in [0.2, 0.25) is 0 Å². The molecule has 17 heterocycles. The molecule has 19 nitrogen and oxygen atoms in total. The third-order valence-corrected chi connectivity index (χ3v) is 16.4. The number of fused-ring (bicyclic) bond motifs is 10. The second-order valence-corrected chi connectivity index (χ2v) is 25.3. The molecule has 0 saturated heterocycles. The minimum absolute atomic E-state index is 0.823. The van der Waals surface area contributed by atoms with Gasteiger partial charge in [-0.3, -0.25) is 69.8 Å². The van der Waals surface area contributed by atoms with Crippen LogP contribution in [0.1, 0.15) is 196 Å². The van der Waals surface area contributed by atoms with Crippen molar-refractivity contribution >= 4 is 109 Å². The standard InChI is InChI=1S/C10H9N.9C9H8N2.10C2H6/c1-8-6-9-4-2-3-5-10(9)7-11-8;1-7-4-9-5-10-3-2-8(9)6-11-7;1-7-4-8-2-3-10-5-9(8)6-11-7;1-7-2-3-8-6-10-5-4-9(8)11-7;1-7-2-3-8-4-5-10-6-9(8)11-7;1-7-4-5-8-9(11-7)3-2-6-10-8;1-7-4-5-8-3-2-6-10-9(8)11-7;1-7-5-8-3-2-4-10-9(8)6-11-7;1-7-10-6-8-4-2-3-5-9(8)11-7;1-7-6-10-8-4-2-3-5-9(8)11-7;10*1-2/h2-7H,1H3;9*2-6H,1H3;10*1-2H3. The molecule has 0 unspecified atom stereocenters. The van der Waals surface area contributed by atoms with Crippen LogP contribution < -0.4 is 0 Å². The maximum absolute atomic E-state index is 4.34. The molecule has 0 saturated carbocycles. The van der Waals surface area contributed by atoms with Gasteiger partial charge >= 0.3 is 0 Å². The van der Waals surface area contributed by atoms with Gasteiger partial charge in [0.05, 0.1) is 62.2 Å². The maximum atomic E-state index is 4.34. The first-order chi connectivity index (χ1) is 63.6. The van der Waals surface area contributed by atoms with Crippen molar-refractivity contribution in [3.63, 3.8) is 0 Å². The normalized spacial score (nSPS) is 9.15. The number of benzene rings is 3. The summed E-state index contributed by atoms with van der Waals surface area (Å²) in [6.07, 6.45) is 30.7. The Morgan fingerprint density at radius 2 is 0.485 bits per heavy atom. The number of rotatable bonds is 0. The van der Waals surface area contributed by atoms with Crippen LogP contribution in [0.4, 0.5) is 0 Å². The Balaban J connectivity index is 0.000000706. The van der Waals surface area contributed by atoms with Crippen LogP contribution in [0, 0.1) is 69.2 Å². The molecule has 0 bridgehead atoms. The molecular weight excluding hydrogens is 1600 g/mol. The van der Waals surface area contributed by atoms with E-state index in [9.17, 15) is 0 Å². The molecule has 0 aliphatic heterocycles. The average Bonchev–Trinajstić information content (AvgIpc) is 0.929. The van der Waals surface area contributed by atoms with Crippen LogP contribution in [-0.4, -0.2) is 94.7 Å². The summed E-state index contributed by atoms with van der Waals surface area (Å²) < 4.78 is 0. The molecule has 680 valence electrons. The number of aryl methyl sites for hydroxylation is 10. The van der Waals surface area contributed by atoms with E-state index < -0.39 is 0 Å². The predicted octanol–water partition coefficient (Wildman–Crippen LogP) is 30.2. The Hall–Kier alpha value is -14.3. The molecule has 130 heavy (non-hydrogen) atoms. The Labute approximate surface area is 775 Å². The van der Waals surface area contributed by atoms with E-state index in [1.165, 1.54) is 16.2 Å². The fourth-order valence-corrected chi connectivity index (χ4v) is 10.8. The molecule has 0 radical (unpaired) electrons. The zero-order chi connectivity index (χ0) is 96.8. The second-order valence-electron chi connectivity index (χ2n) is 25.3. The molecule has 0 spiro atoms. The first-order valence-corrected chi connectivity index (χ1v) is 45.5. The number of para-hydroxylation sites is 3. The van der Waals surface area contributed by atoms with Gasteiger partial charge in [0.15, 0.2) is 5.65 Å². The van der Waals surface area contributed by atoms with Crippen molar-refractivity contribution < 1.29 is 0 Å². The van der Waals surface area contributed by atoms with Crippen LogP contribution in [0.25, 0.3) is 109 Å². The Bertz CT molecular complexity index is 5110. The molecule has 0 aliphatic rings. The zero-order valence-electron chi connectivity index (χ0n) is 82.9. The molecule has 0 N–H and O–H groups in total. The van der Waals surface area contributed by atoms with Crippen LogP contribution in [0.15, 0.2) is 312 Å². The smallest absolute Gasteiger partial charge is 0.159 e. The van der Waals surface area contributed by atoms with Gasteiger partial charge in [0, 0.05) is 187 Å². The number of hydrogen-bond donors (Lipinski definition) is 0. The van der Waals surface area contributed by atoms with Gasteiger partial charge in [0.2, 0.25) is 0 Å². The van der Waals surface area contributed by atoms with Gasteiger partial charge in [-0.1, -0.05) is 205 Å². The third-order valence-electron chi connectivity index (χ3n) is 16.4. The largest absolute Gasteiger partial charge is 0.264 e. The van der Waals surface area contributed by atoms with Crippen LogP contribution in [0.5, 0.6) is 0 Å². The summed E-state index contributed by atoms with van der Waals surface area (Å²) in [5, 5.41) is 12.6. The van der Waals surface area contributed by atoms with Gasteiger partial charge in [-0.25, -0.2) is 24.9 Å². The fraction of sp³-hybridized carbons (Fsp3) is 0.270. The predicted molar refractivity (Wildman–Crippen MR) is 558 cm³/mol. The highest BCUT2D eigenvalue weighted by molar-refractivity contribution is 5.84. The molecule has 20 aromatic rings. The van der Waals surface area contributed by atoms with Gasteiger partial charge in [0.25, 0.3) is 0 Å². The van der Waals surface area contributed by atoms with E-state index in [4.69, 9.17) is 0 Å². The molecule has 19 heteroatoms. The first kappa shape index (κ1) is 114. The summed E-state index contributed by atoms with van der Waals surface area (Å²) in [6, 6.07) is 67.9. The number of pyridine rings is 15. The Morgan fingerprint density at radius 1 is 0.146 bits per heavy atom. The minimum atomic E-state index is 0.823. The lowest BCUT2D eigenvalue weighted by atomic mass is 10.1. The zero-order valence-corrected chi connectivity index (χ0v) is 82.9. The van der Waals surface area contributed by atoms with Gasteiger partial charge in [-0.2, -0.15) is 0 Å². The highest BCUT2D eigenvalue weighted by Crippen LogP contribution is 2.18. The molecule has 0 atom stereocenters. The van der Waals surface area contributed by atoms with E-state index in [0.717, 1.165) is 150 Å². The van der Waals surface area contributed by atoms with E-state index in [1.807, 2.05) is 427 Å². The van der Waals surface area contributed by atoms with E-state index >= 15 is 0 Å². The van der Waals surface area contributed by atoms with Crippen molar-refractivity contribution in [3.8, 4) is 0 Å². The van der Waals surface area contributed by atoms with Crippen molar-refractivity contribution in [3.05, 3.63) is 369 Å². The summed E-state index contributed by atoms with van der Waals surface area (Å²) in [5.41, 5.74) is 17.9. The molecule has 3 aromatic carbocycles. The van der Waals surface area contributed by atoms with Crippen molar-refractivity contribution in [2.75, 3.05) is 0 Å². The lowest BCUT2D eigenvalue weighted by Gasteiger charge is -1.96. The van der Waals surface area contributed by atoms with Crippen LogP contribution in [0.3, 0.4) is 0 Å². The second kappa shape index (κ2) is 69.8. The number of nitrogens with zero attached hydrogens (tertiary/aromatic N) is 19. The number of aromatic nitrogens is 19. The summed E-state index contributed by atoms with van der Waals surface area (Å²) in [6.45, 7) is 59.7. The van der Waals surface area contributed by atoms with Crippen LogP contribution in [-0.2, 0) is 0 Å². The monoisotopic (exact) mass is 1740 g/mol. The Kier molecular flexibility index (Phi) is 61.1. The highest BCUT2D eigenvalue weighted by atomic mass is 14.9. The lowest BCUT2D eigenvalue weighted by Crippen LogP contribution is -1.86. The Morgan fingerprint density at radius 3 is 1.08 bits per heavy atom. The molecular formula is C111H141N19.